The molecule has 216 valence electrons. The second-order valence-electron chi connectivity index (χ2n) is 11.6. The van der Waals surface area contributed by atoms with Crippen LogP contribution in [-0.2, 0) is 11.8 Å². The van der Waals surface area contributed by atoms with Crippen molar-refractivity contribution in [1.82, 2.24) is 24.4 Å². The van der Waals surface area contributed by atoms with Crippen molar-refractivity contribution in [3.63, 3.8) is 0 Å². The highest BCUT2D eigenvalue weighted by Crippen LogP contribution is 2.32. The standard InChI is InChI=1S/C32H34N6O4/c1-20-14-21(6-11-29(20)41-23-8-10-28-27(16-23)35-19-37(28)5)36-30-25-15-22(7-9-26(25)33-18-34-30)40-24-12-13-38(17-24)31(39)42-32(2,3)4/h6-11,14-16,18-19,24H,12-13,17H2,1-5H3,(H,33,34,36). The van der Waals surface area contributed by atoms with Crippen molar-refractivity contribution in [2.24, 2.45) is 7.05 Å². The quantitative estimate of drug-likeness (QED) is 0.241. The zero-order valence-corrected chi connectivity index (χ0v) is 24.4. The first-order chi connectivity index (χ1) is 20.1. The van der Waals surface area contributed by atoms with Gasteiger partial charge >= 0.3 is 6.09 Å². The van der Waals surface area contributed by atoms with E-state index in [0.29, 0.717) is 24.7 Å². The molecule has 3 aromatic carbocycles. The van der Waals surface area contributed by atoms with Crippen molar-refractivity contribution >= 4 is 39.5 Å². The molecule has 1 fully saturated rings. The third-order valence-corrected chi connectivity index (χ3v) is 7.07. The number of hydrogen-bond donors (Lipinski definition) is 1. The van der Waals surface area contributed by atoms with Crippen molar-refractivity contribution in [3.05, 3.63) is 72.8 Å². The van der Waals surface area contributed by atoms with Gasteiger partial charge in [0.15, 0.2) is 0 Å². The number of nitrogens with zero attached hydrogens (tertiary/aromatic N) is 5. The Hall–Kier alpha value is -4.86. The number of rotatable bonds is 6. The Bertz CT molecular complexity index is 1780. The van der Waals surface area contributed by atoms with E-state index in [4.69, 9.17) is 14.2 Å². The molecule has 0 bridgehead atoms. The maximum atomic E-state index is 12.4. The molecule has 0 radical (unpaired) electrons. The highest BCUT2D eigenvalue weighted by Gasteiger charge is 2.31. The summed E-state index contributed by atoms with van der Waals surface area (Å²) in [4.78, 5) is 27.5. The molecule has 0 saturated carbocycles. The molecule has 10 nitrogen and oxygen atoms in total. The van der Waals surface area contributed by atoms with E-state index < -0.39 is 5.60 Å². The average Bonchev–Trinajstić information content (AvgIpc) is 3.56. The summed E-state index contributed by atoms with van der Waals surface area (Å²) in [5.74, 6) is 2.86. The molecule has 1 aliphatic heterocycles. The van der Waals surface area contributed by atoms with Crippen LogP contribution in [0, 0.1) is 6.92 Å². The molecule has 3 heterocycles. The van der Waals surface area contributed by atoms with Gasteiger partial charge in [0.25, 0.3) is 0 Å². The number of likely N-dealkylation sites (tertiary alicyclic amines) is 1. The number of aromatic nitrogens is 4. The van der Waals surface area contributed by atoms with Gasteiger partial charge in [-0.05, 0) is 81.8 Å². The van der Waals surface area contributed by atoms with Crippen LogP contribution in [0.5, 0.6) is 17.2 Å². The van der Waals surface area contributed by atoms with Gasteiger partial charge in [-0.3, -0.25) is 0 Å². The largest absolute Gasteiger partial charge is 0.488 e. The fourth-order valence-corrected chi connectivity index (χ4v) is 5.00. The maximum absolute atomic E-state index is 12.4. The third kappa shape index (κ3) is 5.93. The second kappa shape index (κ2) is 10.8. The molecule has 0 aliphatic carbocycles. The van der Waals surface area contributed by atoms with E-state index >= 15 is 0 Å². The number of ether oxygens (including phenoxy) is 3. The molecule has 10 heteroatoms. The summed E-state index contributed by atoms with van der Waals surface area (Å²) < 4.78 is 19.9. The predicted octanol–water partition coefficient (Wildman–Crippen LogP) is 6.75. The van der Waals surface area contributed by atoms with Gasteiger partial charge in [0.05, 0.1) is 29.4 Å². The molecular weight excluding hydrogens is 532 g/mol. The van der Waals surface area contributed by atoms with Gasteiger partial charge in [0.2, 0.25) is 0 Å². The van der Waals surface area contributed by atoms with E-state index in [1.807, 2.05) is 93.9 Å². The van der Waals surface area contributed by atoms with Gasteiger partial charge in [-0.1, -0.05) is 0 Å². The van der Waals surface area contributed by atoms with Crippen molar-refractivity contribution in [2.45, 2.75) is 45.8 Å². The molecule has 1 aliphatic rings. The fourth-order valence-electron chi connectivity index (χ4n) is 5.00. The molecule has 0 spiro atoms. The first-order valence-electron chi connectivity index (χ1n) is 14.0. The number of carbonyl (C=O) groups is 1. The summed E-state index contributed by atoms with van der Waals surface area (Å²) in [6.45, 7) is 8.68. The van der Waals surface area contributed by atoms with Crippen LogP contribution in [0.15, 0.2) is 67.3 Å². The summed E-state index contributed by atoms with van der Waals surface area (Å²) in [6, 6.07) is 17.6. The van der Waals surface area contributed by atoms with Crippen LogP contribution in [0.1, 0.15) is 32.8 Å². The molecular formula is C32H34N6O4. The van der Waals surface area contributed by atoms with Gasteiger partial charge in [0, 0.05) is 37.2 Å². The highest BCUT2D eigenvalue weighted by molar-refractivity contribution is 5.91. The second-order valence-corrected chi connectivity index (χ2v) is 11.6. The van der Waals surface area contributed by atoms with Crippen LogP contribution in [0.25, 0.3) is 21.9 Å². The summed E-state index contributed by atoms with van der Waals surface area (Å²) in [5.41, 5.74) is 4.05. The number of benzene rings is 3. The lowest BCUT2D eigenvalue weighted by Gasteiger charge is -2.24. The zero-order valence-electron chi connectivity index (χ0n) is 24.4. The monoisotopic (exact) mass is 566 g/mol. The third-order valence-electron chi connectivity index (χ3n) is 7.07. The molecule has 1 unspecified atom stereocenters. The average molecular weight is 567 g/mol. The summed E-state index contributed by atoms with van der Waals surface area (Å²) in [7, 11) is 1.97. The normalized spacial score (nSPS) is 15.3. The van der Waals surface area contributed by atoms with E-state index in [1.165, 1.54) is 0 Å². The van der Waals surface area contributed by atoms with E-state index in [9.17, 15) is 4.79 Å². The summed E-state index contributed by atoms with van der Waals surface area (Å²) in [6.07, 6.45) is 3.63. The minimum atomic E-state index is -0.529. The minimum Gasteiger partial charge on any atom is -0.488 e. The van der Waals surface area contributed by atoms with Gasteiger partial charge in [0.1, 0.15) is 41.1 Å². The summed E-state index contributed by atoms with van der Waals surface area (Å²) in [5, 5.41) is 4.26. The van der Waals surface area contributed by atoms with E-state index in [2.05, 4.69) is 20.3 Å². The highest BCUT2D eigenvalue weighted by atomic mass is 16.6. The SMILES string of the molecule is Cc1cc(Nc2ncnc3ccc(OC4CCN(C(=O)OC(C)(C)C)C4)cc23)ccc1Oc1ccc2c(c1)ncn2C. The lowest BCUT2D eigenvalue weighted by molar-refractivity contribution is 0.0275. The number of nitrogens with one attached hydrogen (secondary N) is 1. The lowest BCUT2D eigenvalue weighted by Crippen LogP contribution is -2.36. The number of hydrogen-bond acceptors (Lipinski definition) is 8. The molecule has 1 N–H and O–H groups in total. The number of fused-ring (bicyclic) bond motifs is 2. The van der Waals surface area contributed by atoms with Crippen molar-refractivity contribution in [3.8, 4) is 17.2 Å². The molecule has 1 atom stereocenters. The van der Waals surface area contributed by atoms with Gasteiger partial charge < -0.3 is 29.0 Å². The first-order valence-corrected chi connectivity index (χ1v) is 14.0. The summed E-state index contributed by atoms with van der Waals surface area (Å²) >= 11 is 0. The van der Waals surface area contributed by atoms with Crippen LogP contribution in [0.3, 0.4) is 0 Å². The van der Waals surface area contributed by atoms with Crippen LogP contribution in [-0.4, -0.2) is 55.3 Å². The Balaban J connectivity index is 1.15. The Morgan fingerprint density at radius 3 is 2.62 bits per heavy atom. The van der Waals surface area contributed by atoms with Crippen LogP contribution in [0.4, 0.5) is 16.3 Å². The number of amides is 1. The minimum absolute atomic E-state index is 0.121. The molecule has 42 heavy (non-hydrogen) atoms. The van der Waals surface area contributed by atoms with Crippen LogP contribution >= 0.6 is 0 Å². The van der Waals surface area contributed by atoms with Crippen LogP contribution < -0.4 is 14.8 Å². The Morgan fingerprint density at radius 1 is 0.976 bits per heavy atom. The van der Waals surface area contributed by atoms with E-state index in [-0.39, 0.29) is 12.2 Å². The number of imidazole rings is 1. The number of aryl methyl sites for hydroxylation is 2. The lowest BCUT2D eigenvalue weighted by atomic mass is 10.1. The maximum Gasteiger partial charge on any atom is 0.410 e. The smallest absolute Gasteiger partial charge is 0.410 e. The number of anilines is 2. The molecule has 5 aromatic rings. The van der Waals surface area contributed by atoms with E-state index in [0.717, 1.165) is 51.1 Å². The fraction of sp³-hybridized carbons (Fsp3) is 0.312. The Morgan fingerprint density at radius 2 is 1.81 bits per heavy atom. The number of carbonyl (C=O) groups excluding carboxylic acids is 1. The Labute approximate surface area is 244 Å². The topological polar surface area (TPSA) is 104 Å². The van der Waals surface area contributed by atoms with Gasteiger partial charge in [-0.25, -0.2) is 19.7 Å². The first kappa shape index (κ1) is 27.3. The molecule has 1 saturated heterocycles. The molecule has 2 aromatic heterocycles. The van der Waals surface area contributed by atoms with E-state index in [1.54, 1.807) is 17.6 Å². The van der Waals surface area contributed by atoms with Gasteiger partial charge in [-0.2, -0.15) is 0 Å². The zero-order chi connectivity index (χ0) is 29.4. The van der Waals surface area contributed by atoms with Crippen molar-refractivity contribution in [1.29, 1.82) is 0 Å². The van der Waals surface area contributed by atoms with Crippen molar-refractivity contribution < 1.29 is 19.0 Å². The predicted molar refractivity (Wildman–Crippen MR) is 162 cm³/mol. The molecule has 1 amide bonds. The Kier molecular flexibility index (Phi) is 7.06. The van der Waals surface area contributed by atoms with Gasteiger partial charge in [-0.15, -0.1) is 0 Å². The van der Waals surface area contributed by atoms with Crippen LogP contribution in [0.2, 0.25) is 0 Å². The van der Waals surface area contributed by atoms with Crippen molar-refractivity contribution in [2.75, 3.05) is 18.4 Å². The molecule has 6 rings (SSSR count).